The molecule has 18 heavy (non-hydrogen) atoms. The van der Waals surface area contributed by atoms with E-state index in [2.05, 4.69) is 0 Å². The highest BCUT2D eigenvalue weighted by atomic mass is 35.5. The van der Waals surface area contributed by atoms with Crippen molar-refractivity contribution in [2.45, 2.75) is 6.54 Å². The van der Waals surface area contributed by atoms with Gasteiger partial charge in [-0.3, -0.25) is 14.3 Å². The molecule has 0 amide bonds. The Bertz CT molecular complexity index is 688. The molecule has 0 fully saturated rings. The van der Waals surface area contributed by atoms with E-state index in [0.717, 1.165) is 10.8 Å². The summed E-state index contributed by atoms with van der Waals surface area (Å²) < 4.78 is 14.1. The van der Waals surface area contributed by atoms with Gasteiger partial charge in [0.2, 0.25) is 5.82 Å². The van der Waals surface area contributed by atoms with Crippen molar-refractivity contribution in [1.29, 1.82) is 0 Å². The summed E-state index contributed by atoms with van der Waals surface area (Å²) in [6, 6.07) is 4.89. The Kier molecular flexibility index (Phi) is 3.20. The molecule has 1 aromatic heterocycles. The minimum atomic E-state index is -1.05. The Balaban J connectivity index is 2.50. The van der Waals surface area contributed by atoms with Crippen LogP contribution in [0.1, 0.15) is 5.56 Å². The first-order chi connectivity index (χ1) is 8.49. The van der Waals surface area contributed by atoms with Crippen LogP contribution in [0.5, 0.6) is 0 Å². The van der Waals surface area contributed by atoms with Gasteiger partial charge in [0.15, 0.2) is 0 Å². The van der Waals surface area contributed by atoms with Crippen LogP contribution in [-0.4, -0.2) is 9.55 Å². The maximum Gasteiger partial charge on any atom is 0.328 e. The monoisotopic (exact) mass is 269 g/mol. The number of nitrogens with two attached hydrogens (primary N) is 1. The minimum absolute atomic E-state index is 0.0158. The number of H-pyrrole nitrogens is 1. The Morgan fingerprint density at radius 2 is 2.11 bits per heavy atom. The summed E-state index contributed by atoms with van der Waals surface area (Å²) in [7, 11) is 0. The summed E-state index contributed by atoms with van der Waals surface area (Å²) in [4.78, 5) is 24.2. The highest BCUT2D eigenvalue weighted by Crippen LogP contribution is 2.22. The maximum absolute atomic E-state index is 13.1. The molecule has 0 saturated carbocycles. The topological polar surface area (TPSA) is 80.9 Å². The lowest BCUT2D eigenvalue weighted by Gasteiger charge is -2.09. The van der Waals surface area contributed by atoms with Crippen molar-refractivity contribution < 1.29 is 4.39 Å². The number of halogens is 2. The fourth-order valence-electron chi connectivity index (χ4n) is 1.51. The lowest BCUT2D eigenvalue weighted by atomic mass is 10.2. The molecule has 1 aromatic carbocycles. The molecule has 0 aliphatic rings. The van der Waals surface area contributed by atoms with E-state index in [9.17, 15) is 14.0 Å². The molecule has 0 atom stereocenters. The average Bonchev–Trinajstić information content (AvgIpc) is 2.30. The van der Waals surface area contributed by atoms with Crippen molar-refractivity contribution in [3.8, 4) is 0 Å². The average molecular weight is 270 g/mol. The number of nitrogens with one attached hydrogen (secondary N) is 1. The fraction of sp³-hybridized carbons (Fsp3) is 0.0909. The van der Waals surface area contributed by atoms with Gasteiger partial charge in [-0.1, -0.05) is 17.7 Å². The van der Waals surface area contributed by atoms with Gasteiger partial charge < -0.3 is 5.73 Å². The molecule has 0 bridgehead atoms. The first-order valence-electron chi connectivity index (χ1n) is 5.01. The second-order valence-corrected chi connectivity index (χ2v) is 4.08. The third-order valence-electron chi connectivity index (χ3n) is 2.45. The van der Waals surface area contributed by atoms with E-state index < -0.39 is 17.1 Å². The number of hydrogen-bond acceptors (Lipinski definition) is 3. The van der Waals surface area contributed by atoms with Gasteiger partial charge >= 0.3 is 5.69 Å². The number of hydrogen-bond donors (Lipinski definition) is 2. The van der Waals surface area contributed by atoms with Crippen LogP contribution in [0.25, 0.3) is 0 Å². The van der Waals surface area contributed by atoms with Gasteiger partial charge in [-0.05, 0) is 12.1 Å². The molecule has 0 unspecified atom stereocenters. The highest BCUT2D eigenvalue weighted by molar-refractivity contribution is 6.31. The molecule has 2 rings (SSSR count). The Morgan fingerprint density at radius 3 is 2.78 bits per heavy atom. The van der Waals surface area contributed by atoms with Crippen molar-refractivity contribution in [2.75, 3.05) is 5.73 Å². The van der Waals surface area contributed by atoms with Gasteiger partial charge in [0, 0.05) is 16.3 Å². The van der Waals surface area contributed by atoms with E-state index >= 15 is 0 Å². The minimum Gasteiger partial charge on any atom is -0.398 e. The number of aromatic amines is 1. The van der Waals surface area contributed by atoms with E-state index in [0.29, 0.717) is 16.3 Å². The number of benzene rings is 1. The van der Waals surface area contributed by atoms with Crippen molar-refractivity contribution >= 4 is 17.3 Å². The smallest absolute Gasteiger partial charge is 0.328 e. The van der Waals surface area contributed by atoms with Crippen LogP contribution in [-0.2, 0) is 6.54 Å². The molecule has 1 heterocycles. The van der Waals surface area contributed by atoms with E-state index in [1.54, 1.807) is 18.2 Å². The van der Waals surface area contributed by atoms with E-state index in [1.807, 2.05) is 4.98 Å². The third-order valence-corrected chi connectivity index (χ3v) is 2.81. The maximum atomic E-state index is 13.1. The molecule has 94 valence electrons. The van der Waals surface area contributed by atoms with Crippen LogP contribution < -0.4 is 17.0 Å². The van der Waals surface area contributed by atoms with Gasteiger partial charge in [0.1, 0.15) is 0 Å². The molecule has 3 N–H and O–H groups in total. The number of nitrogens with zero attached hydrogens (tertiary/aromatic N) is 1. The van der Waals surface area contributed by atoms with Crippen molar-refractivity contribution in [3.05, 3.63) is 61.6 Å². The van der Waals surface area contributed by atoms with Crippen LogP contribution in [0.4, 0.5) is 10.1 Å². The molecule has 0 radical (unpaired) electrons. The summed E-state index contributed by atoms with van der Waals surface area (Å²) >= 11 is 5.94. The molecule has 0 saturated heterocycles. The number of aromatic nitrogens is 2. The largest absolute Gasteiger partial charge is 0.398 e. The normalized spacial score (nSPS) is 10.6. The highest BCUT2D eigenvalue weighted by Gasteiger charge is 2.09. The Hall–Kier alpha value is -2.08. The zero-order valence-electron chi connectivity index (χ0n) is 9.11. The van der Waals surface area contributed by atoms with Crippen molar-refractivity contribution in [3.63, 3.8) is 0 Å². The molecular formula is C11H9ClFN3O2. The quantitative estimate of drug-likeness (QED) is 0.797. The molecular weight excluding hydrogens is 261 g/mol. The first kappa shape index (κ1) is 12.4. The summed E-state index contributed by atoms with van der Waals surface area (Å²) in [6.45, 7) is -0.0158. The van der Waals surface area contributed by atoms with Gasteiger partial charge in [-0.2, -0.15) is 4.39 Å². The number of nitrogen functional groups attached to an aromatic ring is 1. The summed E-state index contributed by atoms with van der Waals surface area (Å²) in [5, 5.41) is 0.369. The molecule has 2 aromatic rings. The van der Waals surface area contributed by atoms with Crippen molar-refractivity contribution in [2.24, 2.45) is 0 Å². The molecule has 5 nitrogen and oxygen atoms in total. The Morgan fingerprint density at radius 1 is 1.39 bits per heavy atom. The summed E-state index contributed by atoms with van der Waals surface area (Å²) in [6.07, 6.45) is 0.823. The van der Waals surface area contributed by atoms with E-state index in [4.69, 9.17) is 17.3 Å². The molecule has 0 spiro atoms. The summed E-state index contributed by atoms with van der Waals surface area (Å²) in [5.74, 6) is -1.04. The van der Waals surface area contributed by atoms with Crippen LogP contribution in [0.15, 0.2) is 34.0 Å². The van der Waals surface area contributed by atoms with Crippen molar-refractivity contribution in [1.82, 2.24) is 9.55 Å². The molecule has 7 heteroatoms. The standard InChI is InChI=1S/C11H9ClFN3O2/c12-7-2-1-3-9(14)6(7)4-16-5-8(13)10(17)15-11(16)18/h1-3,5H,4,14H2,(H,15,17,18). The lowest BCUT2D eigenvalue weighted by Crippen LogP contribution is -2.31. The predicted octanol–water partition coefficient (Wildman–Crippen LogP) is 0.960. The number of anilines is 1. The zero-order valence-corrected chi connectivity index (χ0v) is 9.87. The van der Waals surface area contributed by atoms with Crippen LogP contribution in [0.2, 0.25) is 5.02 Å². The fourth-order valence-corrected chi connectivity index (χ4v) is 1.75. The zero-order chi connectivity index (χ0) is 13.3. The second kappa shape index (κ2) is 4.66. The summed E-state index contributed by atoms with van der Waals surface area (Å²) in [5.41, 5.74) is 4.83. The third kappa shape index (κ3) is 2.28. The molecule has 0 aliphatic heterocycles. The Labute approximate surface area is 106 Å². The van der Waals surface area contributed by atoms with Gasteiger partial charge in [-0.25, -0.2) is 4.79 Å². The van der Waals surface area contributed by atoms with Gasteiger partial charge in [0.25, 0.3) is 5.56 Å². The van der Waals surface area contributed by atoms with Crippen LogP contribution in [0, 0.1) is 5.82 Å². The van der Waals surface area contributed by atoms with Gasteiger partial charge in [-0.15, -0.1) is 0 Å². The van der Waals surface area contributed by atoms with Gasteiger partial charge in [0.05, 0.1) is 12.7 Å². The van der Waals surface area contributed by atoms with E-state index in [-0.39, 0.29) is 6.54 Å². The first-order valence-corrected chi connectivity index (χ1v) is 5.39. The second-order valence-electron chi connectivity index (χ2n) is 3.67. The SMILES string of the molecule is Nc1cccc(Cl)c1Cn1cc(F)c(=O)[nH]c1=O. The lowest BCUT2D eigenvalue weighted by molar-refractivity contribution is 0.566. The number of rotatable bonds is 2. The predicted molar refractivity (Wildman–Crippen MR) is 66.2 cm³/mol. The van der Waals surface area contributed by atoms with Crippen LogP contribution in [0.3, 0.4) is 0 Å². The van der Waals surface area contributed by atoms with Crippen LogP contribution >= 0.6 is 11.6 Å². The molecule has 0 aliphatic carbocycles. The van der Waals surface area contributed by atoms with E-state index in [1.165, 1.54) is 0 Å².